The van der Waals surface area contributed by atoms with E-state index in [1.165, 1.54) is 4.90 Å². The molecule has 1 saturated heterocycles. The molecule has 21 heavy (non-hydrogen) atoms. The minimum Gasteiger partial charge on any atom is -0.444 e. The first-order valence-electron chi connectivity index (χ1n) is 7.24. The Balaban J connectivity index is 2.15. The number of aryl methyl sites for hydroxylation is 1. The molecule has 0 aromatic carbocycles. The van der Waals surface area contributed by atoms with E-state index in [1.54, 1.807) is 12.3 Å². The van der Waals surface area contributed by atoms with Gasteiger partial charge in [-0.2, -0.15) is 0 Å². The van der Waals surface area contributed by atoms with E-state index in [9.17, 15) is 9.59 Å². The molecule has 0 unspecified atom stereocenters. The predicted octanol–water partition coefficient (Wildman–Crippen LogP) is 2.97. The standard InChI is InChI=1S/C16H22N2O3/c1-11-7-8-17-12(10-11)14(19)13-6-5-9-18(13)15(20)21-16(2,3)4/h7-8,10,13H,5-6,9H2,1-4H3/t13-/m1/s1. The molecule has 5 heteroatoms. The molecule has 2 heterocycles. The van der Waals surface area contributed by atoms with Gasteiger partial charge >= 0.3 is 6.09 Å². The van der Waals surface area contributed by atoms with Crippen LogP contribution in [0.1, 0.15) is 49.7 Å². The van der Waals surface area contributed by atoms with E-state index < -0.39 is 17.7 Å². The second-order valence-corrected chi connectivity index (χ2v) is 6.41. The highest BCUT2D eigenvalue weighted by molar-refractivity contribution is 6.00. The average molecular weight is 290 g/mol. The first-order chi connectivity index (χ1) is 9.78. The van der Waals surface area contributed by atoms with Crippen molar-refractivity contribution in [1.82, 2.24) is 9.88 Å². The SMILES string of the molecule is Cc1ccnc(C(=O)[C@H]2CCCN2C(=O)OC(C)(C)C)c1. The largest absolute Gasteiger partial charge is 0.444 e. The van der Waals surface area contributed by atoms with Crippen LogP contribution in [-0.4, -0.2) is 39.9 Å². The fourth-order valence-corrected chi connectivity index (χ4v) is 2.42. The van der Waals surface area contributed by atoms with Crippen molar-refractivity contribution >= 4 is 11.9 Å². The number of ketones is 1. The van der Waals surface area contributed by atoms with Gasteiger partial charge in [-0.05, 0) is 58.2 Å². The van der Waals surface area contributed by atoms with Gasteiger partial charge in [0.15, 0.2) is 0 Å². The summed E-state index contributed by atoms with van der Waals surface area (Å²) in [5, 5.41) is 0. The van der Waals surface area contributed by atoms with Crippen LogP contribution in [0, 0.1) is 6.92 Å². The van der Waals surface area contributed by atoms with Crippen LogP contribution < -0.4 is 0 Å². The molecule has 2 rings (SSSR count). The topological polar surface area (TPSA) is 59.5 Å². The number of aromatic nitrogens is 1. The van der Waals surface area contributed by atoms with Gasteiger partial charge in [0.2, 0.25) is 5.78 Å². The number of nitrogens with zero attached hydrogens (tertiary/aromatic N) is 2. The van der Waals surface area contributed by atoms with E-state index in [2.05, 4.69) is 4.98 Å². The fraction of sp³-hybridized carbons (Fsp3) is 0.562. The smallest absolute Gasteiger partial charge is 0.410 e. The van der Waals surface area contributed by atoms with Crippen molar-refractivity contribution in [3.63, 3.8) is 0 Å². The van der Waals surface area contributed by atoms with Crippen molar-refractivity contribution in [2.24, 2.45) is 0 Å². The van der Waals surface area contributed by atoms with Gasteiger partial charge in [0.05, 0.1) is 0 Å². The highest BCUT2D eigenvalue weighted by Crippen LogP contribution is 2.23. The third kappa shape index (κ3) is 3.80. The number of rotatable bonds is 2. The predicted molar refractivity (Wildman–Crippen MR) is 79.3 cm³/mol. The quantitative estimate of drug-likeness (QED) is 0.786. The lowest BCUT2D eigenvalue weighted by molar-refractivity contribution is 0.0222. The van der Waals surface area contributed by atoms with Gasteiger partial charge < -0.3 is 4.74 Å². The number of hydrogen-bond donors (Lipinski definition) is 0. The summed E-state index contributed by atoms with van der Waals surface area (Å²) in [5.74, 6) is -0.109. The van der Waals surface area contributed by atoms with E-state index in [1.807, 2.05) is 33.8 Å². The van der Waals surface area contributed by atoms with Crippen LogP contribution in [0.2, 0.25) is 0 Å². The summed E-state index contributed by atoms with van der Waals surface area (Å²) < 4.78 is 5.38. The summed E-state index contributed by atoms with van der Waals surface area (Å²) in [4.78, 5) is 30.4. The Morgan fingerprint density at radius 1 is 1.38 bits per heavy atom. The van der Waals surface area contributed by atoms with Gasteiger partial charge in [-0.25, -0.2) is 4.79 Å². The Morgan fingerprint density at radius 3 is 2.71 bits per heavy atom. The zero-order chi connectivity index (χ0) is 15.6. The van der Waals surface area contributed by atoms with Crippen LogP contribution in [0.4, 0.5) is 4.79 Å². The fourth-order valence-electron chi connectivity index (χ4n) is 2.42. The molecule has 0 saturated carbocycles. The van der Waals surface area contributed by atoms with Gasteiger partial charge in [-0.3, -0.25) is 14.7 Å². The van der Waals surface area contributed by atoms with E-state index >= 15 is 0 Å². The lowest BCUT2D eigenvalue weighted by atomic mass is 10.1. The van der Waals surface area contributed by atoms with E-state index in [4.69, 9.17) is 4.74 Å². The zero-order valence-electron chi connectivity index (χ0n) is 13.0. The maximum absolute atomic E-state index is 12.6. The Bertz CT molecular complexity index is 549. The molecular formula is C16H22N2O3. The first-order valence-corrected chi connectivity index (χ1v) is 7.24. The minimum atomic E-state index is -0.561. The molecule has 1 aliphatic rings. The third-order valence-electron chi connectivity index (χ3n) is 3.35. The lowest BCUT2D eigenvalue weighted by Crippen LogP contribution is -2.43. The maximum Gasteiger partial charge on any atom is 0.410 e. The number of carbonyl (C=O) groups is 2. The van der Waals surface area contributed by atoms with Crippen molar-refractivity contribution in [1.29, 1.82) is 0 Å². The number of Topliss-reactive ketones (excluding diaryl/α,β-unsaturated/α-hetero) is 1. The Morgan fingerprint density at radius 2 is 2.10 bits per heavy atom. The minimum absolute atomic E-state index is 0.109. The van der Waals surface area contributed by atoms with Crippen molar-refractivity contribution in [3.8, 4) is 0 Å². The second-order valence-electron chi connectivity index (χ2n) is 6.41. The maximum atomic E-state index is 12.6. The Kier molecular flexibility index (Phi) is 4.30. The highest BCUT2D eigenvalue weighted by Gasteiger charge is 2.37. The summed E-state index contributed by atoms with van der Waals surface area (Å²) in [5.41, 5.74) is 0.833. The van der Waals surface area contributed by atoms with Gasteiger partial charge in [-0.1, -0.05) is 0 Å². The Hall–Kier alpha value is -1.91. The molecule has 1 aliphatic heterocycles. The van der Waals surface area contributed by atoms with E-state index in [0.29, 0.717) is 18.7 Å². The van der Waals surface area contributed by atoms with Gasteiger partial charge in [0.25, 0.3) is 0 Å². The van der Waals surface area contributed by atoms with Gasteiger partial charge in [0.1, 0.15) is 17.3 Å². The molecule has 0 radical (unpaired) electrons. The monoisotopic (exact) mass is 290 g/mol. The molecule has 5 nitrogen and oxygen atoms in total. The molecule has 1 atom stereocenters. The first kappa shape index (κ1) is 15.5. The van der Waals surface area contributed by atoms with E-state index in [0.717, 1.165) is 12.0 Å². The lowest BCUT2D eigenvalue weighted by Gasteiger charge is -2.27. The molecule has 1 aromatic rings. The molecule has 1 amide bonds. The summed E-state index contributed by atoms with van der Waals surface area (Å²) in [7, 11) is 0. The van der Waals surface area contributed by atoms with Crippen LogP contribution in [0.3, 0.4) is 0 Å². The summed E-state index contributed by atoms with van der Waals surface area (Å²) >= 11 is 0. The van der Waals surface area contributed by atoms with Crippen LogP contribution in [-0.2, 0) is 4.74 Å². The molecule has 0 aliphatic carbocycles. The van der Waals surface area contributed by atoms with Gasteiger partial charge in [-0.15, -0.1) is 0 Å². The summed E-state index contributed by atoms with van der Waals surface area (Å²) in [6.45, 7) is 7.93. The molecule has 0 N–H and O–H groups in total. The van der Waals surface area contributed by atoms with Gasteiger partial charge in [0, 0.05) is 12.7 Å². The van der Waals surface area contributed by atoms with Crippen molar-refractivity contribution in [2.75, 3.05) is 6.54 Å². The number of amides is 1. The number of hydrogen-bond acceptors (Lipinski definition) is 4. The molecular weight excluding hydrogens is 268 g/mol. The normalized spacial score (nSPS) is 18.7. The number of ether oxygens (including phenoxy) is 1. The van der Waals surface area contributed by atoms with Crippen LogP contribution in [0.5, 0.6) is 0 Å². The second kappa shape index (κ2) is 5.84. The van der Waals surface area contributed by atoms with Crippen molar-refractivity contribution in [3.05, 3.63) is 29.6 Å². The molecule has 1 fully saturated rings. The molecule has 114 valence electrons. The Labute approximate surface area is 125 Å². The highest BCUT2D eigenvalue weighted by atomic mass is 16.6. The number of pyridine rings is 1. The van der Waals surface area contributed by atoms with Crippen LogP contribution in [0.15, 0.2) is 18.3 Å². The average Bonchev–Trinajstić information content (AvgIpc) is 2.85. The molecule has 0 bridgehead atoms. The molecule has 0 spiro atoms. The van der Waals surface area contributed by atoms with Crippen LogP contribution in [0.25, 0.3) is 0 Å². The van der Waals surface area contributed by atoms with E-state index in [-0.39, 0.29) is 5.78 Å². The third-order valence-corrected chi connectivity index (χ3v) is 3.35. The van der Waals surface area contributed by atoms with Crippen molar-refractivity contribution < 1.29 is 14.3 Å². The summed E-state index contributed by atoms with van der Waals surface area (Å²) in [6.07, 6.45) is 2.66. The van der Waals surface area contributed by atoms with Crippen LogP contribution >= 0.6 is 0 Å². The van der Waals surface area contributed by atoms with Crippen molar-refractivity contribution in [2.45, 2.75) is 52.2 Å². The zero-order valence-corrected chi connectivity index (χ0v) is 13.0. The summed E-state index contributed by atoms with van der Waals surface area (Å²) in [6, 6.07) is 3.14. The number of carbonyl (C=O) groups excluding carboxylic acids is 2. The molecule has 1 aromatic heterocycles. The number of likely N-dealkylation sites (tertiary alicyclic amines) is 1.